The monoisotopic (exact) mass is 325 g/mol. The van der Waals surface area contributed by atoms with E-state index in [9.17, 15) is 4.79 Å². The van der Waals surface area contributed by atoms with Crippen LogP contribution in [0.15, 0.2) is 42.7 Å². The summed E-state index contributed by atoms with van der Waals surface area (Å²) < 4.78 is 5.17. The molecule has 0 unspecified atom stereocenters. The van der Waals surface area contributed by atoms with Crippen LogP contribution in [0.25, 0.3) is 11.1 Å². The maximum absolute atomic E-state index is 12.6. The third-order valence-electron chi connectivity index (χ3n) is 4.75. The molecule has 1 aromatic heterocycles. The molecule has 3 rings (SSSR count). The van der Waals surface area contributed by atoms with Crippen molar-refractivity contribution in [3.05, 3.63) is 48.3 Å². The van der Waals surface area contributed by atoms with Crippen molar-refractivity contribution in [3.63, 3.8) is 0 Å². The molecule has 1 aromatic carbocycles. The van der Waals surface area contributed by atoms with Gasteiger partial charge in [-0.3, -0.25) is 9.78 Å². The number of nitrogens with two attached hydrogens (primary N) is 1. The van der Waals surface area contributed by atoms with E-state index in [1.807, 2.05) is 30.3 Å². The lowest BCUT2D eigenvalue weighted by Gasteiger charge is -2.28. The molecular weight excluding hydrogens is 302 g/mol. The average molecular weight is 325 g/mol. The molecule has 0 radical (unpaired) electrons. The third-order valence-corrected chi connectivity index (χ3v) is 4.75. The summed E-state index contributed by atoms with van der Waals surface area (Å²) in [5.74, 6) is 0.692. The number of aromatic nitrogens is 1. The lowest BCUT2D eigenvalue weighted by molar-refractivity contribution is 0.0903. The Morgan fingerprint density at radius 2 is 1.92 bits per heavy atom. The minimum atomic E-state index is -0.257. The van der Waals surface area contributed by atoms with Crippen molar-refractivity contribution in [1.82, 2.24) is 10.3 Å². The molecule has 0 bridgehead atoms. The Labute approximate surface area is 142 Å². The smallest absolute Gasteiger partial charge is 0.253 e. The first-order valence-electron chi connectivity index (χ1n) is 8.28. The highest BCUT2D eigenvalue weighted by Gasteiger charge is 2.34. The van der Waals surface area contributed by atoms with Crippen molar-refractivity contribution < 1.29 is 9.53 Å². The van der Waals surface area contributed by atoms with Gasteiger partial charge in [0, 0.05) is 24.5 Å². The number of carbonyl (C=O) groups excluding carboxylic acids is 1. The van der Waals surface area contributed by atoms with Gasteiger partial charge in [-0.05, 0) is 36.6 Å². The Kier molecular flexibility index (Phi) is 4.81. The van der Waals surface area contributed by atoms with Crippen LogP contribution >= 0.6 is 0 Å². The van der Waals surface area contributed by atoms with E-state index in [0.717, 1.165) is 42.6 Å². The summed E-state index contributed by atoms with van der Waals surface area (Å²) in [7, 11) is 1.64. The number of carbonyl (C=O) groups is 1. The second-order valence-corrected chi connectivity index (χ2v) is 6.34. The summed E-state index contributed by atoms with van der Waals surface area (Å²) in [6.07, 6.45) is 7.47. The SMILES string of the molecule is COc1ccc(-c2cncc(C(=O)NC3(CN)CCCC3)c2)cc1. The quantitative estimate of drug-likeness (QED) is 0.886. The summed E-state index contributed by atoms with van der Waals surface area (Å²) in [6.45, 7) is 0.477. The Morgan fingerprint density at radius 3 is 2.54 bits per heavy atom. The van der Waals surface area contributed by atoms with Crippen LogP contribution in [0.4, 0.5) is 0 Å². The van der Waals surface area contributed by atoms with Crippen LogP contribution < -0.4 is 15.8 Å². The first-order chi connectivity index (χ1) is 11.7. The number of benzene rings is 1. The zero-order valence-corrected chi connectivity index (χ0v) is 13.9. The maximum atomic E-state index is 12.6. The van der Waals surface area contributed by atoms with Gasteiger partial charge in [0.1, 0.15) is 5.75 Å². The molecule has 2 aromatic rings. The van der Waals surface area contributed by atoms with Crippen LogP contribution in [-0.4, -0.2) is 30.1 Å². The normalized spacial score (nSPS) is 15.9. The lowest BCUT2D eigenvalue weighted by atomic mass is 9.97. The highest BCUT2D eigenvalue weighted by Crippen LogP contribution is 2.29. The van der Waals surface area contributed by atoms with Crippen LogP contribution in [0.3, 0.4) is 0 Å². The fraction of sp³-hybridized carbons (Fsp3) is 0.368. The highest BCUT2D eigenvalue weighted by molar-refractivity contribution is 5.95. The van der Waals surface area contributed by atoms with Gasteiger partial charge in [-0.15, -0.1) is 0 Å². The summed E-state index contributed by atoms with van der Waals surface area (Å²) in [5, 5.41) is 3.13. The molecule has 1 aliphatic carbocycles. The van der Waals surface area contributed by atoms with Gasteiger partial charge in [0.15, 0.2) is 0 Å². The maximum Gasteiger partial charge on any atom is 0.253 e. The van der Waals surface area contributed by atoms with E-state index in [-0.39, 0.29) is 11.4 Å². The number of nitrogens with one attached hydrogen (secondary N) is 1. The number of amides is 1. The highest BCUT2D eigenvalue weighted by atomic mass is 16.5. The average Bonchev–Trinajstić information content (AvgIpc) is 3.11. The molecule has 3 N–H and O–H groups in total. The fourth-order valence-electron chi connectivity index (χ4n) is 3.25. The molecule has 5 nitrogen and oxygen atoms in total. The molecule has 1 amide bonds. The van der Waals surface area contributed by atoms with Crippen LogP contribution in [0, 0.1) is 0 Å². The van der Waals surface area contributed by atoms with Crippen LogP contribution in [-0.2, 0) is 0 Å². The van der Waals surface area contributed by atoms with E-state index in [1.54, 1.807) is 19.5 Å². The largest absolute Gasteiger partial charge is 0.497 e. The van der Waals surface area contributed by atoms with Gasteiger partial charge < -0.3 is 15.8 Å². The van der Waals surface area contributed by atoms with E-state index in [4.69, 9.17) is 10.5 Å². The number of pyridine rings is 1. The van der Waals surface area contributed by atoms with E-state index in [1.165, 1.54) is 0 Å². The standard InChI is InChI=1S/C19H23N3O2/c1-24-17-6-4-14(5-7-17)15-10-16(12-21-11-15)18(23)22-19(13-20)8-2-3-9-19/h4-7,10-12H,2-3,8-9,13,20H2,1H3,(H,22,23). The van der Waals surface area contributed by atoms with Crippen molar-refractivity contribution in [2.24, 2.45) is 5.73 Å². The van der Waals surface area contributed by atoms with Crippen LogP contribution in [0.1, 0.15) is 36.0 Å². The topological polar surface area (TPSA) is 77.2 Å². The zero-order valence-electron chi connectivity index (χ0n) is 13.9. The molecule has 0 aliphatic heterocycles. The second-order valence-electron chi connectivity index (χ2n) is 6.34. The minimum absolute atomic E-state index is 0.106. The van der Waals surface area contributed by atoms with E-state index in [0.29, 0.717) is 12.1 Å². The number of rotatable bonds is 5. The molecule has 1 saturated carbocycles. The molecule has 5 heteroatoms. The molecule has 24 heavy (non-hydrogen) atoms. The molecular formula is C19H23N3O2. The predicted molar refractivity (Wildman–Crippen MR) is 93.9 cm³/mol. The Hall–Kier alpha value is -2.40. The van der Waals surface area contributed by atoms with Gasteiger partial charge in [0.25, 0.3) is 5.91 Å². The van der Waals surface area contributed by atoms with E-state index < -0.39 is 0 Å². The number of methoxy groups -OCH3 is 1. The van der Waals surface area contributed by atoms with Gasteiger partial charge >= 0.3 is 0 Å². The minimum Gasteiger partial charge on any atom is -0.497 e. The Bertz CT molecular complexity index is 707. The van der Waals surface area contributed by atoms with Gasteiger partial charge in [-0.1, -0.05) is 25.0 Å². The molecule has 126 valence electrons. The third kappa shape index (κ3) is 3.41. The number of hydrogen-bond acceptors (Lipinski definition) is 4. The van der Waals surface area contributed by atoms with Gasteiger partial charge in [-0.2, -0.15) is 0 Å². The number of nitrogens with zero attached hydrogens (tertiary/aromatic N) is 1. The fourth-order valence-corrected chi connectivity index (χ4v) is 3.25. The Balaban J connectivity index is 1.80. The van der Waals surface area contributed by atoms with Crippen molar-refractivity contribution in [2.75, 3.05) is 13.7 Å². The summed E-state index contributed by atoms with van der Waals surface area (Å²) in [4.78, 5) is 16.8. The first kappa shape index (κ1) is 16.5. The molecule has 0 saturated heterocycles. The van der Waals surface area contributed by atoms with Gasteiger partial charge in [0.05, 0.1) is 18.2 Å². The van der Waals surface area contributed by atoms with Crippen molar-refractivity contribution in [2.45, 2.75) is 31.2 Å². The summed E-state index contributed by atoms with van der Waals surface area (Å²) >= 11 is 0. The molecule has 0 spiro atoms. The molecule has 1 fully saturated rings. The van der Waals surface area contributed by atoms with Crippen molar-refractivity contribution in [1.29, 1.82) is 0 Å². The number of ether oxygens (including phenoxy) is 1. The predicted octanol–water partition coefficient (Wildman–Crippen LogP) is 2.76. The van der Waals surface area contributed by atoms with Gasteiger partial charge in [0.2, 0.25) is 0 Å². The van der Waals surface area contributed by atoms with Crippen molar-refractivity contribution >= 4 is 5.91 Å². The second kappa shape index (κ2) is 7.01. The van der Waals surface area contributed by atoms with Crippen LogP contribution in [0.5, 0.6) is 5.75 Å². The summed E-state index contributed by atoms with van der Waals surface area (Å²) in [5.41, 5.74) is 8.10. The lowest BCUT2D eigenvalue weighted by Crippen LogP contribution is -2.51. The first-order valence-corrected chi connectivity index (χ1v) is 8.28. The zero-order chi connectivity index (χ0) is 17.0. The van der Waals surface area contributed by atoms with Crippen LogP contribution in [0.2, 0.25) is 0 Å². The summed E-state index contributed by atoms with van der Waals surface area (Å²) in [6, 6.07) is 9.56. The molecule has 1 heterocycles. The molecule has 0 atom stereocenters. The van der Waals surface area contributed by atoms with E-state index >= 15 is 0 Å². The van der Waals surface area contributed by atoms with Gasteiger partial charge in [-0.25, -0.2) is 0 Å². The number of hydrogen-bond donors (Lipinski definition) is 2. The molecule has 1 aliphatic rings. The van der Waals surface area contributed by atoms with E-state index in [2.05, 4.69) is 10.3 Å². The van der Waals surface area contributed by atoms with Crippen molar-refractivity contribution in [3.8, 4) is 16.9 Å². The Morgan fingerprint density at radius 1 is 1.21 bits per heavy atom.